The number of nitrogens with zero attached hydrogens (tertiary/aromatic N) is 1. The summed E-state index contributed by atoms with van der Waals surface area (Å²) in [5, 5.41) is 0. The van der Waals surface area contributed by atoms with E-state index in [9.17, 15) is 4.79 Å². The fourth-order valence-electron chi connectivity index (χ4n) is 1.93. The molecule has 0 fully saturated rings. The van der Waals surface area contributed by atoms with Gasteiger partial charge in [-0.2, -0.15) is 0 Å². The molecule has 0 spiro atoms. The summed E-state index contributed by atoms with van der Waals surface area (Å²) in [6, 6.07) is 5.85. The molecule has 0 saturated carbocycles. The van der Waals surface area contributed by atoms with Gasteiger partial charge < -0.3 is 4.98 Å². The zero-order valence-corrected chi connectivity index (χ0v) is 11.1. The Labute approximate surface area is 106 Å². The van der Waals surface area contributed by atoms with Gasteiger partial charge in [-0.1, -0.05) is 6.07 Å². The van der Waals surface area contributed by atoms with Crippen molar-refractivity contribution in [1.82, 2.24) is 20.8 Å². The van der Waals surface area contributed by atoms with Gasteiger partial charge in [-0.15, -0.1) is 0 Å². The third kappa shape index (κ3) is 2.09. The molecular weight excluding hydrogens is 228 g/mol. The van der Waals surface area contributed by atoms with Crippen molar-refractivity contribution in [2.24, 2.45) is 0 Å². The Morgan fingerprint density at radius 1 is 1.39 bits per heavy atom. The number of hydrogen-bond donors (Lipinski definition) is 3. The Morgan fingerprint density at radius 2 is 2.11 bits per heavy atom. The average molecular weight is 246 g/mol. The molecule has 0 aliphatic heterocycles. The van der Waals surface area contributed by atoms with Crippen molar-refractivity contribution in [3.8, 4) is 0 Å². The van der Waals surface area contributed by atoms with Gasteiger partial charge in [0, 0.05) is 7.05 Å². The SMILES string of the molecule is CNNC(=O)C(C)(C)c1ccc2nc(C)[nH]c2c1. The summed E-state index contributed by atoms with van der Waals surface area (Å²) in [6.45, 7) is 5.70. The molecule has 5 heteroatoms. The van der Waals surface area contributed by atoms with E-state index in [0.717, 1.165) is 22.4 Å². The summed E-state index contributed by atoms with van der Waals surface area (Å²) in [6.07, 6.45) is 0. The number of benzene rings is 1. The molecule has 0 aliphatic rings. The maximum absolute atomic E-state index is 12.0. The lowest BCUT2D eigenvalue weighted by Crippen LogP contribution is -2.45. The monoisotopic (exact) mass is 246 g/mol. The first-order chi connectivity index (χ1) is 8.45. The summed E-state index contributed by atoms with van der Waals surface area (Å²) in [5.74, 6) is 0.806. The first-order valence-corrected chi connectivity index (χ1v) is 5.89. The number of aromatic amines is 1. The predicted octanol–water partition coefficient (Wildman–Crippen LogP) is 1.40. The molecule has 0 aliphatic carbocycles. The van der Waals surface area contributed by atoms with Gasteiger partial charge in [0.25, 0.3) is 0 Å². The number of aromatic nitrogens is 2. The normalized spacial score (nSPS) is 11.8. The van der Waals surface area contributed by atoms with Crippen molar-refractivity contribution in [2.45, 2.75) is 26.2 Å². The van der Waals surface area contributed by atoms with E-state index in [4.69, 9.17) is 0 Å². The summed E-state index contributed by atoms with van der Waals surface area (Å²) >= 11 is 0. The van der Waals surface area contributed by atoms with Gasteiger partial charge in [0.15, 0.2) is 0 Å². The largest absolute Gasteiger partial charge is 0.342 e. The Hall–Kier alpha value is -1.88. The lowest BCUT2D eigenvalue weighted by molar-refractivity contribution is -0.126. The van der Waals surface area contributed by atoms with Gasteiger partial charge in [-0.05, 0) is 38.5 Å². The van der Waals surface area contributed by atoms with Crippen molar-refractivity contribution < 1.29 is 4.79 Å². The average Bonchev–Trinajstić information content (AvgIpc) is 2.68. The first kappa shape index (κ1) is 12.6. The van der Waals surface area contributed by atoms with Crippen LogP contribution in [0.25, 0.3) is 11.0 Å². The highest BCUT2D eigenvalue weighted by atomic mass is 16.2. The van der Waals surface area contributed by atoms with Crippen molar-refractivity contribution in [1.29, 1.82) is 0 Å². The quantitative estimate of drug-likeness (QED) is 0.717. The number of rotatable bonds is 3. The number of nitrogens with one attached hydrogen (secondary N) is 3. The smallest absolute Gasteiger partial charge is 0.244 e. The van der Waals surface area contributed by atoms with Gasteiger partial charge in [-0.3, -0.25) is 10.2 Å². The van der Waals surface area contributed by atoms with E-state index in [2.05, 4.69) is 20.8 Å². The molecule has 2 rings (SSSR count). The third-order valence-corrected chi connectivity index (χ3v) is 3.13. The van der Waals surface area contributed by atoms with Crippen molar-refractivity contribution in [3.05, 3.63) is 29.6 Å². The van der Waals surface area contributed by atoms with E-state index in [0.29, 0.717) is 0 Å². The lowest BCUT2D eigenvalue weighted by Gasteiger charge is -2.23. The fraction of sp³-hybridized carbons (Fsp3) is 0.385. The highest BCUT2D eigenvalue weighted by Gasteiger charge is 2.29. The summed E-state index contributed by atoms with van der Waals surface area (Å²) in [4.78, 5) is 19.5. The maximum atomic E-state index is 12.0. The van der Waals surface area contributed by atoms with Gasteiger partial charge in [-0.25, -0.2) is 10.4 Å². The van der Waals surface area contributed by atoms with Crippen LogP contribution >= 0.6 is 0 Å². The highest BCUT2D eigenvalue weighted by Crippen LogP contribution is 2.26. The molecule has 96 valence electrons. The minimum Gasteiger partial charge on any atom is -0.342 e. The van der Waals surface area contributed by atoms with Crippen LogP contribution in [0.4, 0.5) is 0 Å². The van der Waals surface area contributed by atoms with Crippen LogP contribution in [-0.4, -0.2) is 22.9 Å². The molecule has 0 unspecified atom stereocenters. The van der Waals surface area contributed by atoms with Gasteiger partial charge in [0.05, 0.1) is 16.4 Å². The summed E-state index contributed by atoms with van der Waals surface area (Å²) in [5.41, 5.74) is 7.51. The fourth-order valence-corrected chi connectivity index (χ4v) is 1.93. The zero-order valence-electron chi connectivity index (χ0n) is 11.1. The number of carbonyl (C=O) groups is 1. The number of imidazole rings is 1. The predicted molar refractivity (Wildman–Crippen MR) is 71.1 cm³/mol. The standard InChI is InChI=1S/C13H18N4O/c1-8-15-10-6-5-9(7-11(10)16-8)13(2,3)12(18)17-14-4/h5-7,14H,1-4H3,(H,15,16)(H,17,18). The molecule has 0 bridgehead atoms. The van der Waals surface area contributed by atoms with Gasteiger partial charge in [0.2, 0.25) is 5.91 Å². The number of amides is 1. The lowest BCUT2D eigenvalue weighted by atomic mass is 9.84. The van der Waals surface area contributed by atoms with E-state index < -0.39 is 5.41 Å². The second kappa shape index (κ2) is 4.42. The highest BCUT2D eigenvalue weighted by molar-refractivity contribution is 5.88. The van der Waals surface area contributed by atoms with E-state index in [1.54, 1.807) is 7.05 Å². The van der Waals surface area contributed by atoms with Crippen LogP contribution in [0, 0.1) is 6.92 Å². The number of fused-ring (bicyclic) bond motifs is 1. The molecule has 1 aromatic heterocycles. The molecule has 5 nitrogen and oxygen atoms in total. The Kier molecular flexibility index (Phi) is 3.09. The first-order valence-electron chi connectivity index (χ1n) is 5.89. The van der Waals surface area contributed by atoms with E-state index in [-0.39, 0.29) is 5.91 Å². The van der Waals surface area contributed by atoms with Crippen molar-refractivity contribution in [3.63, 3.8) is 0 Å². The number of hydrazine groups is 1. The zero-order chi connectivity index (χ0) is 13.3. The van der Waals surface area contributed by atoms with Gasteiger partial charge in [0.1, 0.15) is 5.82 Å². The number of aryl methyl sites for hydroxylation is 1. The number of carbonyl (C=O) groups excluding carboxylic acids is 1. The van der Waals surface area contributed by atoms with Gasteiger partial charge >= 0.3 is 0 Å². The molecule has 1 aromatic carbocycles. The molecule has 18 heavy (non-hydrogen) atoms. The van der Waals surface area contributed by atoms with Crippen LogP contribution in [0.15, 0.2) is 18.2 Å². The second-order valence-corrected chi connectivity index (χ2v) is 4.88. The molecule has 1 amide bonds. The maximum Gasteiger partial charge on any atom is 0.244 e. The Bertz CT molecular complexity index is 586. The number of H-pyrrole nitrogens is 1. The third-order valence-electron chi connectivity index (χ3n) is 3.13. The van der Waals surface area contributed by atoms with Crippen LogP contribution in [0.1, 0.15) is 25.2 Å². The molecule has 0 radical (unpaired) electrons. The summed E-state index contributed by atoms with van der Waals surface area (Å²) in [7, 11) is 1.68. The van der Waals surface area contributed by atoms with Crippen LogP contribution in [0.2, 0.25) is 0 Å². The molecule has 0 saturated heterocycles. The molecule has 0 atom stereocenters. The van der Waals surface area contributed by atoms with Crippen LogP contribution in [0.5, 0.6) is 0 Å². The Morgan fingerprint density at radius 3 is 2.78 bits per heavy atom. The molecule has 3 N–H and O–H groups in total. The van der Waals surface area contributed by atoms with Crippen LogP contribution in [-0.2, 0) is 10.2 Å². The van der Waals surface area contributed by atoms with Crippen molar-refractivity contribution in [2.75, 3.05) is 7.05 Å². The second-order valence-electron chi connectivity index (χ2n) is 4.88. The molecule has 1 heterocycles. The van der Waals surface area contributed by atoms with E-state index in [1.807, 2.05) is 39.0 Å². The molecular formula is C13H18N4O. The topological polar surface area (TPSA) is 69.8 Å². The number of hydrogen-bond acceptors (Lipinski definition) is 3. The van der Waals surface area contributed by atoms with Crippen LogP contribution in [0.3, 0.4) is 0 Å². The molecule has 2 aromatic rings. The minimum absolute atomic E-state index is 0.0689. The van der Waals surface area contributed by atoms with Crippen molar-refractivity contribution >= 4 is 16.9 Å². The Balaban J connectivity index is 2.43. The summed E-state index contributed by atoms with van der Waals surface area (Å²) < 4.78 is 0. The van der Waals surface area contributed by atoms with Crippen LogP contribution < -0.4 is 10.9 Å². The van der Waals surface area contributed by atoms with E-state index >= 15 is 0 Å². The van der Waals surface area contributed by atoms with E-state index in [1.165, 1.54) is 0 Å². The minimum atomic E-state index is -0.601.